The molecule has 5 nitrogen and oxygen atoms in total. The summed E-state index contributed by atoms with van der Waals surface area (Å²) in [5, 5.41) is 24.7. The number of rotatable bonds is 6. The summed E-state index contributed by atoms with van der Waals surface area (Å²) in [6.07, 6.45) is 1.76. The third-order valence-corrected chi connectivity index (χ3v) is 8.23. The lowest BCUT2D eigenvalue weighted by atomic mass is 9.71. The Hall–Kier alpha value is -2.57. The summed E-state index contributed by atoms with van der Waals surface area (Å²) in [7, 11) is 0. The molecule has 1 saturated carbocycles. The molecule has 1 aliphatic carbocycles. The molecular weight excluding hydrogens is 462 g/mol. The van der Waals surface area contributed by atoms with E-state index in [1.54, 1.807) is 12.1 Å². The van der Waals surface area contributed by atoms with Crippen LogP contribution in [0.5, 0.6) is 11.5 Å². The molecule has 6 heteroatoms. The Bertz CT molecular complexity index is 1200. The van der Waals surface area contributed by atoms with E-state index in [9.17, 15) is 10.2 Å². The highest BCUT2D eigenvalue weighted by Crippen LogP contribution is 2.68. The molecule has 3 aliphatic rings. The predicted octanol–water partition coefficient (Wildman–Crippen LogP) is 4.84. The number of benzene rings is 3. The van der Waals surface area contributed by atoms with Gasteiger partial charge in [-0.1, -0.05) is 60.1 Å². The third kappa shape index (κ3) is 3.48. The number of halogens is 1. The Labute approximate surface area is 210 Å². The molecule has 3 aromatic rings. The van der Waals surface area contributed by atoms with Crippen molar-refractivity contribution in [1.82, 2.24) is 4.90 Å². The zero-order chi connectivity index (χ0) is 24.0. The van der Waals surface area contributed by atoms with Crippen molar-refractivity contribution in [2.24, 2.45) is 0 Å². The van der Waals surface area contributed by atoms with Gasteiger partial charge in [-0.25, -0.2) is 0 Å². The van der Waals surface area contributed by atoms with Gasteiger partial charge in [0.25, 0.3) is 0 Å². The second-order valence-corrected chi connectivity index (χ2v) is 10.3. The first-order chi connectivity index (χ1) is 17.0. The molecule has 35 heavy (non-hydrogen) atoms. The Morgan fingerprint density at radius 1 is 0.971 bits per heavy atom. The minimum atomic E-state index is -1.69. The van der Waals surface area contributed by atoms with Crippen molar-refractivity contribution in [2.75, 3.05) is 26.2 Å². The minimum Gasteiger partial charge on any atom is -0.492 e. The van der Waals surface area contributed by atoms with Crippen LogP contribution in [-0.4, -0.2) is 47.5 Å². The number of hydrogen-bond acceptors (Lipinski definition) is 5. The maximum Gasteiger partial charge on any atom is 0.176 e. The molecule has 2 heterocycles. The van der Waals surface area contributed by atoms with E-state index in [0.29, 0.717) is 35.1 Å². The van der Waals surface area contributed by atoms with E-state index in [4.69, 9.17) is 21.1 Å². The Balaban J connectivity index is 1.45. The highest BCUT2D eigenvalue weighted by atomic mass is 35.5. The topological polar surface area (TPSA) is 62.2 Å². The Morgan fingerprint density at radius 3 is 2.46 bits per heavy atom. The zero-order valence-electron chi connectivity index (χ0n) is 19.6. The zero-order valence-corrected chi connectivity index (χ0v) is 20.3. The summed E-state index contributed by atoms with van der Waals surface area (Å²) in [4.78, 5) is 2.39. The van der Waals surface area contributed by atoms with Crippen LogP contribution in [0.25, 0.3) is 0 Å². The van der Waals surface area contributed by atoms with E-state index < -0.39 is 17.3 Å². The monoisotopic (exact) mass is 491 g/mol. The molecule has 0 spiro atoms. The standard InChI is InChI=1S/C29H30ClNO4/c30-22-13-11-21(12-14-22)29-23(20-7-2-1-3-8-20)19-26(32)28(29,33)27-24(9-6-10-25(27)35-29)34-18-17-31-15-4-5-16-31/h1-3,6-14,23,26,32-33H,4-5,15-19H2/t23-,26?,28+,29-/m0/s1. The van der Waals surface area contributed by atoms with E-state index in [-0.39, 0.29) is 5.92 Å². The van der Waals surface area contributed by atoms with Crippen molar-refractivity contribution in [3.63, 3.8) is 0 Å². The first-order valence-electron chi connectivity index (χ1n) is 12.4. The van der Waals surface area contributed by atoms with Crippen molar-refractivity contribution >= 4 is 11.6 Å². The molecule has 0 bridgehead atoms. The lowest BCUT2D eigenvalue weighted by Crippen LogP contribution is -2.52. The van der Waals surface area contributed by atoms with Crippen LogP contribution < -0.4 is 9.47 Å². The Morgan fingerprint density at radius 2 is 1.71 bits per heavy atom. The summed E-state index contributed by atoms with van der Waals surface area (Å²) < 4.78 is 13.0. The van der Waals surface area contributed by atoms with Crippen LogP contribution in [0.3, 0.4) is 0 Å². The van der Waals surface area contributed by atoms with Crippen LogP contribution in [-0.2, 0) is 11.2 Å². The van der Waals surface area contributed by atoms with Gasteiger partial charge >= 0.3 is 0 Å². The highest BCUT2D eigenvalue weighted by molar-refractivity contribution is 6.30. The number of likely N-dealkylation sites (tertiary alicyclic amines) is 1. The van der Waals surface area contributed by atoms with Gasteiger partial charge in [0, 0.05) is 17.5 Å². The molecule has 6 rings (SSSR count). The molecule has 1 unspecified atom stereocenters. The fourth-order valence-electron chi connectivity index (χ4n) is 6.36. The molecule has 2 N–H and O–H groups in total. The van der Waals surface area contributed by atoms with Crippen LogP contribution in [0.1, 0.15) is 41.9 Å². The fourth-order valence-corrected chi connectivity index (χ4v) is 6.49. The highest BCUT2D eigenvalue weighted by Gasteiger charge is 2.73. The van der Waals surface area contributed by atoms with Crippen LogP contribution in [0.2, 0.25) is 5.02 Å². The normalized spacial score (nSPS) is 29.6. The maximum atomic E-state index is 12.5. The van der Waals surface area contributed by atoms with Gasteiger partial charge in [-0.3, -0.25) is 4.90 Å². The molecule has 2 fully saturated rings. The molecular formula is C29H30ClNO4. The lowest BCUT2D eigenvalue weighted by molar-refractivity contribution is -0.150. The van der Waals surface area contributed by atoms with Crippen LogP contribution in [0.15, 0.2) is 72.8 Å². The number of aliphatic hydroxyl groups is 2. The first-order valence-corrected chi connectivity index (χ1v) is 12.8. The SMILES string of the molecule is OC1C[C@@H](c2ccccc2)[C@]2(c3ccc(Cl)cc3)Oc3cccc(OCCN4CCCC4)c3[C@]12O. The van der Waals surface area contributed by atoms with Crippen molar-refractivity contribution in [1.29, 1.82) is 0 Å². The van der Waals surface area contributed by atoms with Gasteiger partial charge < -0.3 is 19.7 Å². The molecule has 0 radical (unpaired) electrons. The van der Waals surface area contributed by atoms with E-state index in [0.717, 1.165) is 30.8 Å². The smallest absolute Gasteiger partial charge is 0.176 e. The number of fused-ring (bicyclic) bond motifs is 3. The molecule has 4 atom stereocenters. The molecule has 1 saturated heterocycles. The van der Waals surface area contributed by atoms with E-state index in [1.807, 2.05) is 60.7 Å². The average molecular weight is 492 g/mol. The summed E-state index contributed by atoms with van der Waals surface area (Å²) in [5.74, 6) is 0.823. The van der Waals surface area contributed by atoms with Crippen LogP contribution >= 0.6 is 11.6 Å². The predicted molar refractivity (Wildman–Crippen MR) is 135 cm³/mol. The average Bonchev–Trinajstić information content (AvgIpc) is 3.54. The quantitative estimate of drug-likeness (QED) is 0.516. The van der Waals surface area contributed by atoms with E-state index >= 15 is 0 Å². The number of ether oxygens (including phenoxy) is 2. The molecule has 2 aliphatic heterocycles. The Kier molecular flexibility index (Phi) is 5.76. The second-order valence-electron chi connectivity index (χ2n) is 9.85. The summed E-state index contributed by atoms with van der Waals surface area (Å²) in [6.45, 7) is 3.54. The number of hydrogen-bond donors (Lipinski definition) is 2. The summed E-state index contributed by atoms with van der Waals surface area (Å²) >= 11 is 6.22. The van der Waals surface area contributed by atoms with Crippen molar-refractivity contribution < 1.29 is 19.7 Å². The number of aliphatic hydroxyl groups excluding tert-OH is 1. The van der Waals surface area contributed by atoms with Crippen LogP contribution in [0.4, 0.5) is 0 Å². The van der Waals surface area contributed by atoms with Crippen molar-refractivity contribution in [3.05, 3.63) is 94.5 Å². The van der Waals surface area contributed by atoms with Gasteiger partial charge in [0.1, 0.15) is 18.1 Å². The fraction of sp³-hybridized carbons (Fsp3) is 0.379. The van der Waals surface area contributed by atoms with Crippen molar-refractivity contribution in [3.8, 4) is 11.5 Å². The van der Waals surface area contributed by atoms with Gasteiger partial charge in [-0.15, -0.1) is 0 Å². The third-order valence-electron chi connectivity index (χ3n) is 7.98. The van der Waals surface area contributed by atoms with Gasteiger partial charge in [0.15, 0.2) is 11.2 Å². The molecule has 0 aromatic heterocycles. The van der Waals surface area contributed by atoms with Gasteiger partial charge in [0.05, 0.1) is 11.7 Å². The van der Waals surface area contributed by atoms with Gasteiger partial charge in [0.2, 0.25) is 0 Å². The lowest BCUT2D eigenvalue weighted by Gasteiger charge is -2.41. The minimum absolute atomic E-state index is 0.283. The number of nitrogens with zero attached hydrogens (tertiary/aromatic N) is 1. The van der Waals surface area contributed by atoms with Crippen molar-refractivity contribution in [2.45, 2.75) is 42.5 Å². The summed E-state index contributed by atoms with van der Waals surface area (Å²) in [6, 6.07) is 23.0. The van der Waals surface area contributed by atoms with Gasteiger partial charge in [-0.05, 0) is 67.7 Å². The van der Waals surface area contributed by atoms with Gasteiger partial charge in [-0.2, -0.15) is 0 Å². The van der Waals surface area contributed by atoms with Crippen LogP contribution in [0, 0.1) is 0 Å². The molecule has 3 aromatic carbocycles. The van der Waals surface area contributed by atoms with E-state index in [2.05, 4.69) is 4.90 Å². The first kappa shape index (κ1) is 22.9. The molecule has 0 amide bonds. The second kappa shape index (κ2) is 8.82. The largest absolute Gasteiger partial charge is 0.492 e. The summed E-state index contributed by atoms with van der Waals surface area (Å²) in [5.41, 5.74) is -0.617. The maximum absolute atomic E-state index is 12.5. The van der Waals surface area contributed by atoms with E-state index in [1.165, 1.54) is 12.8 Å². The molecule has 182 valence electrons.